The number of aryl methyl sites for hydroxylation is 1. The second kappa shape index (κ2) is 4.23. The number of nitrogens with zero attached hydrogens (tertiary/aromatic N) is 2. The second-order valence-electron chi connectivity index (χ2n) is 4.38. The topological polar surface area (TPSA) is 38.0 Å². The Kier molecular flexibility index (Phi) is 2.84. The Labute approximate surface area is 112 Å². The van der Waals surface area contributed by atoms with Crippen molar-refractivity contribution in [1.82, 2.24) is 9.55 Å². The van der Waals surface area contributed by atoms with Gasteiger partial charge in [-0.2, -0.15) is 0 Å². The van der Waals surface area contributed by atoms with E-state index in [9.17, 15) is 5.11 Å². The first-order chi connectivity index (χ1) is 8.15. The number of hydrogen-bond donors (Lipinski definition) is 1. The monoisotopic (exact) mass is 312 g/mol. The zero-order chi connectivity index (χ0) is 12.0. The maximum Gasteiger partial charge on any atom is 0.151 e. The van der Waals surface area contributed by atoms with E-state index in [2.05, 4.69) is 44.5 Å². The van der Waals surface area contributed by atoms with Crippen molar-refractivity contribution in [2.75, 3.05) is 0 Å². The van der Waals surface area contributed by atoms with Crippen molar-refractivity contribution in [3.63, 3.8) is 0 Å². The number of aromatic nitrogens is 2. The van der Waals surface area contributed by atoms with Crippen molar-refractivity contribution in [2.24, 2.45) is 0 Å². The van der Waals surface area contributed by atoms with Crippen molar-refractivity contribution in [3.8, 4) is 10.7 Å². The maximum atomic E-state index is 9.70. The lowest BCUT2D eigenvalue weighted by Gasteiger charge is -2.20. The van der Waals surface area contributed by atoms with Gasteiger partial charge >= 0.3 is 0 Å². The van der Waals surface area contributed by atoms with Crippen LogP contribution in [0.25, 0.3) is 10.7 Å². The molecule has 0 amide bonds. The average Bonchev–Trinajstić information content (AvgIpc) is 2.84. The van der Waals surface area contributed by atoms with Crippen LogP contribution in [0.2, 0.25) is 0 Å². The molecule has 3 heterocycles. The summed E-state index contributed by atoms with van der Waals surface area (Å²) in [5.74, 6) is 1.02. The molecule has 5 heteroatoms. The first-order valence-electron chi connectivity index (χ1n) is 5.65. The van der Waals surface area contributed by atoms with E-state index < -0.39 is 0 Å². The molecule has 0 bridgehead atoms. The summed E-state index contributed by atoms with van der Waals surface area (Å²) < 4.78 is 3.10. The van der Waals surface area contributed by atoms with Crippen LogP contribution >= 0.6 is 27.3 Å². The fourth-order valence-corrected chi connectivity index (χ4v) is 3.65. The number of thiophene rings is 1. The predicted molar refractivity (Wildman–Crippen MR) is 72.3 cm³/mol. The fraction of sp³-hybridized carbons (Fsp3) is 0.417. The van der Waals surface area contributed by atoms with Crippen LogP contribution in [0.4, 0.5) is 0 Å². The lowest BCUT2D eigenvalue weighted by molar-refractivity contribution is 0.143. The first-order valence-corrected chi connectivity index (χ1v) is 7.26. The predicted octanol–water partition coefficient (Wildman–Crippen LogP) is 2.99. The summed E-state index contributed by atoms with van der Waals surface area (Å²) in [6.07, 6.45) is 1.28. The van der Waals surface area contributed by atoms with Gasteiger partial charge in [0.15, 0.2) is 5.82 Å². The Morgan fingerprint density at radius 2 is 2.35 bits per heavy atom. The molecule has 0 spiro atoms. The third-order valence-corrected chi connectivity index (χ3v) is 4.73. The Balaban J connectivity index is 2.10. The van der Waals surface area contributed by atoms with E-state index >= 15 is 0 Å². The quantitative estimate of drug-likeness (QED) is 0.879. The highest BCUT2D eigenvalue weighted by atomic mass is 79.9. The highest BCUT2D eigenvalue weighted by molar-refractivity contribution is 9.10. The van der Waals surface area contributed by atoms with Crippen molar-refractivity contribution >= 4 is 27.3 Å². The molecule has 0 saturated heterocycles. The molecule has 3 rings (SSSR count). The van der Waals surface area contributed by atoms with Crippen LogP contribution in [0, 0.1) is 6.92 Å². The summed E-state index contributed by atoms with van der Waals surface area (Å²) in [6, 6.07) is 4.24. The van der Waals surface area contributed by atoms with Crippen molar-refractivity contribution in [2.45, 2.75) is 32.4 Å². The highest BCUT2D eigenvalue weighted by Gasteiger charge is 2.24. The number of aliphatic hydroxyl groups is 1. The molecular formula is C12H13BrN2OS. The summed E-state index contributed by atoms with van der Waals surface area (Å²) in [5.41, 5.74) is 1.12. The molecule has 3 nitrogen and oxygen atoms in total. The minimum atomic E-state index is -0.228. The molecule has 1 atom stereocenters. The molecule has 1 N–H and O–H groups in total. The zero-order valence-corrected chi connectivity index (χ0v) is 11.9. The fourth-order valence-electron chi connectivity index (χ4n) is 2.24. The molecule has 0 aromatic carbocycles. The summed E-state index contributed by atoms with van der Waals surface area (Å²) in [5, 5.41) is 9.70. The first kappa shape index (κ1) is 11.4. The minimum absolute atomic E-state index is 0.228. The smallest absolute Gasteiger partial charge is 0.151 e. The van der Waals surface area contributed by atoms with E-state index in [0.29, 0.717) is 6.42 Å². The number of rotatable bonds is 1. The van der Waals surface area contributed by atoms with Crippen molar-refractivity contribution < 1.29 is 5.11 Å². The van der Waals surface area contributed by atoms with E-state index in [1.165, 1.54) is 9.75 Å². The van der Waals surface area contributed by atoms with Crippen LogP contribution in [0.1, 0.15) is 17.0 Å². The Morgan fingerprint density at radius 1 is 1.53 bits per heavy atom. The number of fused-ring (bicyclic) bond motifs is 1. The van der Waals surface area contributed by atoms with Gasteiger partial charge in [-0.25, -0.2) is 4.98 Å². The van der Waals surface area contributed by atoms with Gasteiger partial charge < -0.3 is 9.67 Å². The number of imidazole rings is 1. The number of halogens is 1. The Bertz CT molecular complexity index is 561. The van der Waals surface area contributed by atoms with Gasteiger partial charge in [-0.15, -0.1) is 11.3 Å². The van der Waals surface area contributed by atoms with Gasteiger partial charge in [0, 0.05) is 17.8 Å². The zero-order valence-electron chi connectivity index (χ0n) is 9.48. The van der Waals surface area contributed by atoms with E-state index in [4.69, 9.17) is 0 Å². The normalized spacial score (nSPS) is 19.4. The lowest BCUT2D eigenvalue weighted by Crippen LogP contribution is -2.23. The number of hydrogen-bond acceptors (Lipinski definition) is 3. The van der Waals surface area contributed by atoms with Crippen molar-refractivity contribution in [1.29, 1.82) is 0 Å². The largest absolute Gasteiger partial charge is 0.393 e. The highest BCUT2D eigenvalue weighted by Crippen LogP contribution is 2.33. The van der Waals surface area contributed by atoms with E-state index in [-0.39, 0.29) is 6.10 Å². The van der Waals surface area contributed by atoms with Crippen LogP contribution in [-0.2, 0) is 13.0 Å². The third kappa shape index (κ3) is 1.96. The molecule has 90 valence electrons. The Morgan fingerprint density at radius 3 is 3.06 bits per heavy atom. The molecule has 0 aliphatic carbocycles. The molecule has 1 aliphatic heterocycles. The van der Waals surface area contributed by atoms with Crippen molar-refractivity contribution in [3.05, 3.63) is 27.3 Å². The summed E-state index contributed by atoms with van der Waals surface area (Å²) in [7, 11) is 0. The standard InChI is InChI=1S/C12H13BrN2OS/c1-7-2-3-10(17-7)12-14-11(13)9-6-8(16)4-5-15(9)12/h2-3,8,16H,4-6H2,1H3. The maximum absolute atomic E-state index is 9.70. The van der Waals surface area contributed by atoms with Gasteiger partial charge in [-0.1, -0.05) is 0 Å². The average molecular weight is 313 g/mol. The van der Waals surface area contributed by atoms with Crippen LogP contribution in [-0.4, -0.2) is 20.8 Å². The van der Waals surface area contributed by atoms with Crippen LogP contribution in [0.5, 0.6) is 0 Å². The number of aliphatic hydroxyl groups excluding tert-OH is 1. The van der Waals surface area contributed by atoms with Gasteiger partial charge in [0.05, 0.1) is 16.7 Å². The van der Waals surface area contributed by atoms with Gasteiger partial charge in [-0.05, 0) is 41.4 Å². The van der Waals surface area contributed by atoms with Gasteiger partial charge in [0.1, 0.15) is 4.60 Å². The second-order valence-corrected chi connectivity index (χ2v) is 6.42. The molecule has 1 unspecified atom stereocenters. The van der Waals surface area contributed by atoms with Gasteiger partial charge in [-0.3, -0.25) is 0 Å². The van der Waals surface area contributed by atoms with Gasteiger partial charge in [0.25, 0.3) is 0 Å². The molecule has 17 heavy (non-hydrogen) atoms. The molecule has 2 aromatic rings. The summed E-state index contributed by atoms with van der Waals surface area (Å²) >= 11 is 5.26. The molecule has 2 aromatic heterocycles. The lowest BCUT2D eigenvalue weighted by atomic mass is 10.1. The molecule has 0 saturated carbocycles. The van der Waals surface area contributed by atoms with Crippen LogP contribution in [0.15, 0.2) is 16.7 Å². The molecular weight excluding hydrogens is 300 g/mol. The molecule has 1 aliphatic rings. The minimum Gasteiger partial charge on any atom is -0.393 e. The van der Waals surface area contributed by atoms with E-state index in [1.807, 2.05) is 0 Å². The third-order valence-electron chi connectivity index (χ3n) is 3.10. The SMILES string of the molecule is Cc1ccc(-c2nc(Br)c3n2CCC(O)C3)s1. The van der Waals surface area contributed by atoms with E-state index in [1.54, 1.807) is 11.3 Å². The van der Waals surface area contributed by atoms with Crippen LogP contribution in [0.3, 0.4) is 0 Å². The summed E-state index contributed by atoms with van der Waals surface area (Å²) in [6.45, 7) is 2.95. The molecule has 0 fully saturated rings. The van der Waals surface area contributed by atoms with E-state index in [0.717, 1.165) is 29.1 Å². The molecule has 0 radical (unpaired) electrons. The summed E-state index contributed by atoms with van der Waals surface area (Å²) in [4.78, 5) is 7.08. The van der Waals surface area contributed by atoms with Gasteiger partial charge in [0.2, 0.25) is 0 Å². The Hall–Kier alpha value is -0.650. The van der Waals surface area contributed by atoms with Crippen LogP contribution < -0.4 is 0 Å².